The lowest BCUT2D eigenvalue weighted by molar-refractivity contribution is 0.0258. The van der Waals surface area contributed by atoms with Gasteiger partial charge in [-0.25, -0.2) is 9.98 Å². The van der Waals surface area contributed by atoms with Crippen LogP contribution in [0.1, 0.15) is 39.7 Å². The zero-order valence-electron chi connectivity index (χ0n) is 16.8. The number of benzene rings is 1. The van der Waals surface area contributed by atoms with E-state index in [9.17, 15) is 0 Å². The van der Waals surface area contributed by atoms with E-state index in [-0.39, 0.29) is 6.10 Å². The molecule has 0 aliphatic carbocycles. The lowest BCUT2D eigenvalue weighted by Gasteiger charge is -2.21. The fourth-order valence-electron chi connectivity index (χ4n) is 2.83. The van der Waals surface area contributed by atoms with Gasteiger partial charge in [0.2, 0.25) is 0 Å². The van der Waals surface area contributed by atoms with Crippen molar-refractivity contribution >= 4 is 5.96 Å². The van der Waals surface area contributed by atoms with Crippen molar-refractivity contribution < 1.29 is 4.74 Å². The van der Waals surface area contributed by atoms with Gasteiger partial charge < -0.3 is 15.4 Å². The van der Waals surface area contributed by atoms with Gasteiger partial charge in [0.15, 0.2) is 11.8 Å². The number of hydrogen-bond donors (Lipinski definition) is 3. The molecule has 3 N–H and O–H groups in total. The Morgan fingerprint density at radius 1 is 1.26 bits per heavy atom. The second-order valence-corrected chi connectivity index (χ2v) is 6.68. The minimum Gasteiger partial charge on any atom is -0.378 e. The smallest absolute Gasteiger partial charge is 0.191 e. The van der Waals surface area contributed by atoms with Crippen molar-refractivity contribution in [3.8, 4) is 11.4 Å². The van der Waals surface area contributed by atoms with E-state index in [1.807, 2.05) is 19.1 Å². The highest BCUT2D eigenvalue weighted by atomic mass is 16.5. The maximum atomic E-state index is 5.81. The Balaban J connectivity index is 1.94. The van der Waals surface area contributed by atoms with Crippen molar-refractivity contribution in [2.75, 3.05) is 19.7 Å². The third-order valence-electron chi connectivity index (χ3n) is 4.23. The molecule has 1 unspecified atom stereocenters. The monoisotopic (exact) mass is 372 g/mol. The molecule has 1 aromatic heterocycles. The van der Waals surface area contributed by atoms with E-state index < -0.39 is 0 Å². The largest absolute Gasteiger partial charge is 0.378 e. The number of nitrogens with zero attached hydrogens (tertiary/aromatic N) is 3. The molecule has 7 heteroatoms. The number of nitrogens with one attached hydrogen (secondary N) is 3. The summed E-state index contributed by atoms with van der Waals surface area (Å²) in [4.78, 5) is 8.90. The zero-order chi connectivity index (χ0) is 19.5. The zero-order valence-corrected chi connectivity index (χ0v) is 16.8. The van der Waals surface area contributed by atoms with Gasteiger partial charge in [-0.2, -0.15) is 5.10 Å². The van der Waals surface area contributed by atoms with E-state index >= 15 is 0 Å². The summed E-state index contributed by atoms with van der Waals surface area (Å²) in [6.07, 6.45) is 2.74. The summed E-state index contributed by atoms with van der Waals surface area (Å²) >= 11 is 0. The molecule has 148 valence electrons. The van der Waals surface area contributed by atoms with E-state index in [2.05, 4.69) is 58.7 Å². The summed E-state index contributed by atoms with van der Waals surface area (Å²) in [5, 5.41) is 13.5. The van der Waals surface area contributed by atoms with Crippen molar-refractivity contribution in [1.29, 1.82) is 0 Å². The standard InChI is InChI=1S/C20H32N6O/c1-5-21-20(22-11-10-18(15(3)4)27-6-2)23-13-16-8-7-9-17(12-16)19-24-14-25-26-19/h7-9,12,14-15,18H,5-6,10-11,13H2,1-4H3,(H2,21,22,23)(H,24,25,26). The molecule has 0 amide bonds. The van der Waals surface area contributed by atoms with Crippen LogP contribution in [-0.4, -0.2) is 46.9 Å². The van der Waals surface area contributed by atoms with Crippen molar-refractivity contribution in [2.45, 2.75) is 46.8 Å². The molecule has 27 heavy (non-hydrogen) atoms. The summed E-state index contributed by atoms with van der Waals surface area (Å²) in [5.41, 5.74) is 2.13. The van der Waals surface area contributed by atoms with Gasteiger partial charge in [-0.05, 0) is 37.8 Å². The van der Waals surface area contributed by atoms with Crippen molar-refractivity contribution in [2.24, 2.45) is 10.9 Å². The SMILES string of the molecule is CCNC(=NCc1cccc(-c2ncn[nH]2)c1)NCCC(OCC)C(C)C. The summed E-state index contributed by atoms with van der Waals surface area (Å²) in [7, 11) is 0. The molecule has 1 atom stereocenters. The Kier molecular flexibility index (Phi) is 8.77. The lowest BCUT2D eigenvalue weighted by Crippen LogP contribution is -2.39. The maximum absolute atomic E-state index is 5.81. The second kappa shape index (κ2) is 11.3. The number of guanidine groups is 1. The first-order valence-electron chi connectivity index (χ1n) is 9.72. The van der Waals surface area contributed by atoms with E-state index in [1.165, 1.54) is 6.33 Å². The van der Waals surface area contributed by atoms with Crippen LogP contribution in [-0.2, 0) is 11.3 Å². The number of H-pyrrole nitrogens is 1. The summed E-state index contributed by atoms with van der Waals surface area (Å²) in [6.45, 7) is 11.5. The molecule has 0 spiro atoms. The van der Waals surface area contributed by atoms with Crippen LogP contribution in [0, 0.1) is 5.92 Å². The Hall–Kier alpha value is -2.41. The van der Waals surface area contributed by atoms with Crippen LogP contribution in [0.2, 0.25) is 0 Å². The van der Waals surface area contributed by atoms with Crippen LogP contribution in [0.25, 0.3) is 11.4 Å². The first-order chi connectivity index (χ1) is 13.1. The molecule has 0 aliphatic rings. The number of hydrogen-bond acceptors (Lipinski definition) is 4. The first-order valence-corrected chi connectivity index (χ1v) is 9.72. The summed E-state index contributed by atoms with van der Waals surface area (Å²) in [5.74, 6) is 2.09. The molecule has 2 rings (SSSR count). The molecule has 1 aromatic carbocycles. The summed E-state index contributed by atoms with van der Waals surface area (Å²) in [6, 6.07) is 8.17. The van der Waals surface area contributed by atoms with Gasteiger partial charge in [0, 0.05) is 25.3 Å². The van der Waals surface area contributed by atoms with Crippen LogP contribution >= 0.6 is 0 Å². The molecule has 1 heterocycles. The van der Waals surface area contributed by atoms with Crippen molar-refractivity contribution in [3.05, 3.63) is 36.2 Å². The van der Waals surface area contributed by atoms with E-state index in [1.54, 1.807) is 0 Å². The number of ether oxygens (including phenoxy) is 1. The second-order valence-electron chi connectivity index (χ2n) is 6.68. The van der Waals surface area contributed by atoms with E-state index in [0.29, 0.717) is 12.5 Å². The minimum atomic E-state index is 0.268. The fraction of sp³-hybridized carbons (Fsp3) is 0.550. The topological polar surface area (TPSA) is 87.2 Å². The van der Waals surface area contributed by atoms with Gasteiger partial charge in [-0.15, -0.1) is 0 Å². The Morgan fingerprint density at radius 3 is 2.78 bits per heavy atom. The molecule has 0 fully saturated rings. The molecule has 0 bridgehead atoms. The van der Waals surface area contributed by atoms with Crippen LogP contribution in [0.4, 0.5) is 0 Å². The van der Waals surface area contributed by atoms with Gasteiger partial charge >= 0.3 is 0 Å². The normalized spacial score (nSPS) is 13.0. The van der Waals surface area contributed by atoms with E-state index in [4.69, 9.17) is 9.73 Å². The van der Waals surface area contributed by atoms with Crippen LogP contribution in [0.5, 0.6) is 0 Å². The van der Waals surface area contributed by atoms with Crippen LogP contribution < -0.4 is 10.6 Å². The third-order valence-corrected chi connectivity index (χ3v) is 4.23. The highest BCUT2D eigenvalue weighted by Crippen LogP contribution is 2.16. The maximum Gasteiger partial charge on any atom is 0.191 e. The minimum absolute atomic E-state index is 0.268. The average molecular weight is 373 g/mol. The fourth-order valence-corrected chi connectivity index (χ4v) is 2.83. The molecular formula is C20H32N6O. The molecule has 0 saturated heterocycles. The Morgan fingerprint density at radius 2 is 2.11 bits per heavy atom. The lowest BCUT2D eigenvalue weighted by atomic mass is 10.0. The van der Waals surface area contributed by atoms with Gasteiger partial charge in [-0.3, -0.25) is 5.10 Å². The van der Waals surface area contributed by atoms with Gasteiger partial charge in [0.25, 0.3) is 0 Å². The van der Waals surface area contributed by atoms with Crippen LogP contribution in [0.15, 0.2) is 35.6 Å². The Labute approximate surface area is 162 Å². The van der Waals surface area contributed by atoms with Crippen molar-refractivity contribution in [3.63, 3.8) is 0 Å². The molecular weight excluding hydrogens is 340 g/mol. The molecule has 2 aromatic rings. The first kappa shape index (κ1) is 20.9. The molecule has 0 aliphatic heterocycles. The molecule has 0 radical (unpaired) electrons. The van der Waals surface area contributed by atoms with Crippen LogP contribution in [0.3, 0.4) is 0 Å². The predicted molar refractivity (Wildman–Crippen MR) is 110 cm³/mol. The van der Waals surface area contributed by atoms with Crippen molar-refractivity contribution in [1.82, 2.24) is 25.8 Å². The number of aromatic amines is 1. The van der Waals surface area contributed by atoms with Gasteiger partial charge in [0.05, 0.1) is 12.6 Å². The molecule has 0 saturated carbocycles. The average Bonchev–Trinajstić information content (AvgIpc) is 3.20. The van der Waals surface area contributed by atoms with Gasteiger partial charge in [0.1, 0.15) is 6.33 Å². The summed E-state index contributed by atoms with van der Waals surface area (Å²) < 4.78 is 5.81. The van der Waals surface area contributed by atoms with E-state index in [0.717, 1.165) is 49.0 Å². The number of aliphatic imine (C=N–C) groups is 1. The number of rotatable bonds is 10. The highest BCUT2D eigenvalue weighted by molar-refractivity contribution is 5.79. The Bertz CT molecular complexity index is 684. The number of aromatic nitrogens is 3. The highest BCUT2D eigenvalue weighted by Gasteiger charge is 2.13. The van der Waals surface area contributed by atoms with Gasteiger partial charge in [-0.1, -0.05) is 32.0 Å². The predicted octanol–water partition coefficient (Wildman–Crippen LogP) is 2.98. The third kappa shape index (κ3) is 7.02. The molecule has 7 nitrogen and oxygen atoms in total. The quantitative estimate of drug-likeness (QED) is 0.441.